The lowest BCUT2D eigenvalue weighted by Gasteiger charge is -2.13. The van der Waals surface area contributed by atoms with E-state index in [-0.39, 0.29) is 12.5 Å². The van der Waals surface area contributed by atoms with Crippen LogP contribution in [0.25, 0.3) is 0 Å². The average Bonchev–Trinajstić information content (AvgIpc) is 2.79. The van der Waals surface area contributed by atoms with Crippen LogP contribution in [-0.4, -0.2) is 50.3 Å². The van der Waals surface area contributed by atoms with Gasteiger partial charge in [-0.05, 0) is 6.07 Å². The van der Waals surface area contributed by atoms with Crippen molar-refractivity contribution >= 4 is 5.91 Å². The predicted molar refractivity (Wildman–Crippen MR) is 59.4 cm³/mol. The van der Waals surface area contributed by atoms with Gasteiger partial charge in [0.1, 0.15) is 5.69 Å². The Kier molecular flexibility index (Phi) is 5.61. The van der Waals surface area contributed by atoms with E-state index >= 15 is 0 Å². The molecule has 0 aromatic carbocycles. The molecule has 0 atom stereocenters. The molecule has 0 radical (unpaired) electrons. The first-order valence-electron chi connectivity index (χ1n) is 5.08. The summed E-state index contributed by atoms with van der Waals surface area (Å²) in [5.41, 5.74) is 1.05. The summed E-state index contributed by atoms with van der Waals surface area (Å²) in [6.07, 6.45) is -0.462. The molecule has 0 unspecified atom stereocenters. The first-order chi connectivity index (χ1) is 8.21. The first-order valence-corrected chi connectivity index (χ1v) is 5.08. The zero-order chi connectivity index (χ0) is 12.7. The van der Waals surface area contributed by atoms with Crippen molar-refractivity contribution in [3.8, 4) is 0 Å². The summed E-state index contributed by atoms with van der Waals surface area (Å²) in [7, 11) is 4.58. The lowest BCUT2D eigenvalue weighted by Crippen LogP contribution is -2.34. The Hall–Kier alpha value is -1.44. The number of carbonyl (C=O) groups is 1. The minimum Gasteiger partial charge on any atom is -0.378 e. The van der Waals surface area contributed by atoms with Crippen molar-refractivity contribution in [1.82, 2.24) is 15.5 Å². The number of methoxy groups -OCH3 is 3. The van der Waals surface area contributed by atoms with Crippen molar-refractivity contribution < 1.29 is 19.0 Å². The minimum atomic E-state index is -0.462. The number of hydrogen-bond acceptors (Lipinski definition) is 5. The van der Waals surface area contributed by atoms with Gasteiger partial charge in [-0.25, -0.2) is 0 Å². The van der Waals surface area contributed by atoms with Crippen molar-refractivity contribution in [1.29, 1.82) is 0 Å². The molecule has 0 aliphatic rings. The molecule has 7 heteroatoms. The molecule has 0 saturated carbocycles. The molecular formula is C10H17N3O4. The Morgan fingerprint density at radius 2 is 2.18 bits per heavy atom. The van der Waals surface area contributed by atoms with Crippen LogP contribution in [0, 0.1) is 0 Å². The van der Waals surface area contributed by atoms with Crippen molar-refractivity contribution in [3.63, 3.8) is 0 Å². The van der Waals surface area contributed by atoms with Gasteiger partial charge in [-0.3, -0.25) is 9.89 Å². The normalized spacial score (nSPS) is 10.8. The fourth-order valence-electron chi connectivity index (χ4n) is 1.24. The van der Waals surface area contributed by atoms with Crippen molar-refractivity contribution in [2.75, 3.05) is 27.9 Å². The topological polar surface area (TPSA) is 85.5 Å². The molecule has 1 heterocycles. The number of nitrogens with one attached hydrogen (secondary N) is 2. The standard InChI is InChI=1S/C10H17N3O4/c1-15-6-7-4-8(13-12-7)10(14)11-5-9(16-2)17-3/h4,9H,5-6H2,1-3H3,(H,11,14)(H,12,13). The summed E-state index contributed by atoms with van der Waals surface area (Å²) in [5.74, 6) is -0.289. The van der Waals surface area contributed by atoms with Crippen LogP contribution in [0.4, 0.5) is 0 Å². The molecule has 17 heavy (non-hydrogen) atoms. The molecular weight excluding hydrogens is 226 g/mol. The van der Waals surface area contributed by atoms with E-state index in [9.17, 15) is 4.79 Å². The smallest absolute Gasteiger partial charge is 0.271 e. The summed E-state index contributed by atoms with van der Waals surface area (Å²) in [6, 6.07) is 1.63. The Balaban J connectivity index is 2.46. The highest BCUT2D eigenvalue weighted by Gasteiger charge is 2.12. The van der Waals surface area contributed by atoms with Crippen molar-refractivity contribution in [2.24, 2.45) is 0 Å². The van der Waals surface area contributed by atoms with Crippen LogP contribution in [0.5, 0.6) is 0 Å². The number of amides is 1. The number of H-pyrrole nitrogens is 1. The van der Waals surface area contributed by atoms with Gasteiger partial charge in [0.15, 0.2) is 6.29 Å². The lowest BCUT2D eigenvalue weighted by atomic mass is 10.3. The Morgan fingerprint density at radius 1 is 1.47 bits per heavy atom. The molecule has 1 amide bonds. The minimum absolute atomic E-state index is 0.262. The fourth-order valence-corrected chi connectivity index (χ4v) is 1.24. The number of carbonyl (C=O) groups excluding carboxylic acids is 1. The average molecular weight is 243 g/mol. The second-order valence-electron chi connectivity index (χ2n) is 3.32. The SMILES string of the molecule is COCc1cc(C(=O)NCC(OC)OC)n[nH]1. The maximum Gasteiger partial charge on any atom is 0.271 e. The van der Waals surface area contributed by atoms with Crippen LogP contribution in [0.2, 0.25) is 0 Å². The van der Waals surface area contributed by atoms with Gasteiger partial charge in [-0.1, -0.05) is 0 Å². The highest BCUT2D eigenvalue weighted by Crippen LogP contribution is 2.01. The van der Waals surface area contributed by atoms with Crippen LogP contribution in [0.1, 0.15) is 16.2 Å². The van der Waals surface area contributed by atoms with E-state index < -0.39 is 6.29 Å². The van der Waals surface area contributed by atoms with Crippen LogP contribution in [-0.2, 0) is 20.8 Å². The van der Waals surface area contributed by atoms with E-state index in [0.29, 0.717) is 12.3 Å². The highest BCUT2D eigenvalue weighted by atomic mass is 16.7. The number of nitrogens with zero attached hydrogens (tertiary/aromatic N) is 1. The molecule has 96 valence electrons. The third-order valence-electron chi connectivity index (χ3n) is 2.12. The fraction of sp³-hybridized carbons (Fsp3) is 0.600. The molecule has 0 saturated heterocycles. The highest BCUT2D eigenvalue weighted by molar-refractivity contribution is 5.92. The summed E-state index contributed by atoms with van der Waals surface area (Å²) in [5, 5.41) is 9.21. The van der Waals surface area contributed by atoms with Gasteiger partial charge in [-0.15, -0.1) is 0 Å². The van der Waals surface area contributed by atoms with E-state index in [2.05, 4.69) is 15.5 Å². The molecule has 0 spiro atoms. The molecule has 0 bridgehead atoms. The predicted octanol–water partition coefficient (Wildman–Crippen LogP) is -0.0952. The molecule has 1 aromatic rings. The second-order valence-corrected chi connectivity index (χ2v) is 3.32. The number of hydrogen-bond donors (Lipinski definition) is 2. The largest absolute Gasteiger partial charge is 0.378 e. The van der Waals surface area contributed by atoms with E-state index in [4.69, 9.17) is 14.2 Å². The number of aromatic nitrogens is 2. The molecule has 7 nitrogen and oxygen atoms in total. The number of rotatable bonds is 7. The van der Waals surface area contributed by atoms with Gasteiger partial charge in [0, 0.05) is 21.3 Å². The monoisotopic (exact) mass is 243 g/mol. The van der Waals surface area contributed by atoms with Gasteiger partial charge in [0.2, 0.25) is 0 Å². The van der Waals surface area contributed by atoms with E-state index in [1.165, 1.54) is 14.2 Å². The Morgan fingerprint density at radius 3 is 2.76 bits per heavy atom. The van der Waals surface area contributed by atoms with Crippen LogP contribution < -0.4 is 5.32 Å². The van der Waals surface area contributed by atoms with E-state index in [1.807, 2.05) is 0 Å². The molecule has 0 aliphatic carbocycles. The van der Waals surface area contributed by atoms with Crippen LogP contribution >= 0.6 is 0 Å². The first kappa shape index (κ1) is 13.6. The Labute approximate surface area is 99.4 Å². The van der Waals surface area contributed by atoms with Gasteiger partial charge in [0.25, 0.3) is 5.91 Å². The van der Waals surface area contributed by atoms with Crippen LogP contribution in [0.15, 0.2) is 6.07 Å². The van der Waals surface area contributed by atoms with E-state index in [1.54, 1.807) is 13.2 Å². The third kappa shape index (κ3) is 4.14. The summed E-state index contributed by atoms with van der Waals surface area (Å²) in [6.45, 7) is 0.650. The molecule has 0 aliphatic heterocycles. The zero-order valence-electron chi connectivity index (χ0n) is 10.1. The van der Waals surface area contributed by atoms with Gasteiger partial charge < -0.3 is 19.5 Å². The lowest BCUT2D eigenvalue weighted by molar-refractivity contribution is -0.0974. The van der Waals surface area contributed by atoms with Crippen molar-refractivity contribution in [3.05, 3.63) is 17.5 Å². The third-order valence-corrected chi connectivity index (χ3v) is 2.12. The van der Waals surface area contributed by atoms with Crippen LogP contribution in [0.3, 0.4) is 0 Å². The maximum absolute atomic E-state index is 11.7. The summed E-state index contributed by atoms with van der Waals surface area (Å²) >= 11 is 0. The van der Waals surface area contributed by atoms with Gasteiger partial charge >= 0.3 is 0 Å². The molecule has 1 rings (SSSR count). The quantitative estimate of drug-likeness (QED) is 0.653. The maximum atomic E-state index is 11.7. The molecule has 2 N–H and O–H groups in total. The number of aromatic amines is 1. The van der Waals surface area contributed by atoms with Gasteiger partial charge in [-0.2, -0.15) is 5.10 Å². The zero-order valence-corrected chi connectivity index (χ0v) is 10.1. The van der Waals surface area contributed by atoms with E-state index in [0.717, 1.165) is 5.69 Å². The van der Waals surface area contributed by atoms with Crippen molar-refractivity contribution in [2.45, 2.75) is 12.9 Å². The molecule has 1 aromatic heterocycles. The number of ether oxygens (including phenoxy) is 3. The second kappa shape index (κ2) is 7.00. The summed E-state index contributed by atoms with van der Waals surface area (Å²) < 4.78 is 14.8. The summed E-state index contributed by atoms with van der Waals surface area (Å²) in [4.78, 5) is 11.7. The molecule has 0 fully saturated rings. The van der Waals surface area contributed by atoms with Gasteiger partial charge in [0.05, 0.1) is 18.8 Å². The Bertz CT molecular complexity index is 349.